The van der Waals surface area contributed by atoms with Crippen LogP contribution in [-0.2, 0) is 12.8 Å². The SMILES string of the molecule is c1ccc(CC2CCc3[nH]ncc3N2)cc1. The summed E-state index contributed by atoms with van der Waals surface area (Å²) in [4.78, 5) is 0. The van der Waals surface area contributed by atoms with Crippen LogP contribution in [0.25, 0.3) is 0 Å². The Morgan fingerprint density at radius 3 is 3.00 bits per heavy atom. The Labute approximate surface area is 94.9 Å². The molecule has 1 aromatic heterocycles. The molecule has 82 valence electrons. The van der Waals surface area contributed by atoms with Crippen molar-refractivity contribution in [2.75, 3.05) is 5.32 Å². The molecule has 0 spiro atoms. The molecule has 16 heavy (non-hydrogen) atoms. The fraction of sp³-hybridized carbons (Fsp3) is 0.308. The number of aryl methyl sites for hydroxylation is 1. The van der Waals surface area contributed by atoms with Crippen LogP contribution in [0.1, 0.15) is 17.7 Å². The molecule has 2 heterocycles. The molecule has 3 heteroatoms. The lowest BCUT2D eigenvalue weighted by Gasteiger charge is -2.24. The van der Waals surface area contributed by atoms with E-state index in [9.17, 15) is 0 Å². The summed E-state index contributed by atoms with van der Waals surface area (Å²) in [6.45, 7) is 0. The maximum atomic E-state index is 4.06. The standard InChI is InChI=1S/C13H15N3/c1-2-4-10(5-3-1)8-11-6-7-12-13(15-11)9-14-16-12/h1-5,9,11,15H,6-8H2,(H,14,16). The van der Waals surface area contributed by atoms with E-state index in [2.05, 4.69) is 45.8 Å². The smallest absolute Gasteiger partial charge is 0.0758 e. The van der Waals surface area contributed by atoms with Gasteiger partial charge >= 0.3 is 0 Å². The van der Waals surface area contributed by atoms with Crippen LogP contribution >= 0.6 is 0 Å². The van der Waals surface area contributed by atoms with Crippen LogP contribution in [0.2, 0.25) is 0 Å². The molecule has 0 radical (unpaired) electrons. The fourth-order valence-corrected chi connectivity index (χ4v) is 2.29. The molecule has 1 atom stereocenters. The van der Waals surface area contributed by atoms with Crippen LogP contribution in [0.15, 0.2) is 36.5 Å². The first kappa shape index (κ1) is 9.46. The van der Waals surface area contributed by atoms with Crippen LogP contribution in [0.3, 0.4) is 0 Å². The Morgan fingerprint density at radius 2 is 2.12 bits per heavy atom. The molecule has 2 N–H and O–H groups in total. The molecule has 0 amide bonds. The molecule has 1 unspecified atom stereocenters. The van der Waals surface area contributed by atoms with Gasteiger partial charge in [0.25, 0.3) is 0 Å². The minimum Gasteiger partial charge on any atom is -0.379 e. The van der Waals surface area contributed by atoms with E-state index >= 15 is 0 Å². The summed E-state index contributed by atoms with van der Waals surface area (Å²) in [5, 5.41) is 10.6. The Kier molecular flexibility index (Phi) is 2.37. The van der Waals surface area contributed by atoms with Gasteiger partial charge in [-0.25, -0.2) is 0 Å². The van der Waals surface area contributed by atoms with Gasteiger partial charge in [-0.15, -0.1) is 0 Å². The van der Waals surface area contributed by atoms with Gasteiger partial charge in [-0.1, -0.05) is 30.3 Å². The van der Waals surface area contributed by atoms with E-state index in [1.165, 1.54) is 23.4 Å². The fourth-order valence-electron chi connectivity index (χ4n) is 2.29. The predicted molar refractivity (Wildman–Crippen MR) is 64.5 cm³/mol. The molecule has 0 saturated heterocycles. The van der Waals surface area contributed by atoms with Crippen LogP contribution in [-0.4, -0.2) is 16.2 Å². The van der Waals surface area contributed by atoms with Gasteiger partial charge in [-0.2, -0.15) is 5.10 Å². The van der Waals surface area contributed by atoms with Gasteiger partial charge in [-0.3, -0.25) is 5.10 Å². The summed E-state index contributed by atoms with van der Waals surface area (Å²) in [5.74, 6) is 0. The highest BCUT2D eigenvalue weighted by Gasteiger charge is 2.18. The Morgan fingerprint density at radius 1 is 1.25 bits per heavy atom. The number of H-pyrrole nitrogens is 1. The number of nitrogens with one attached hydrogen (secondary N) is 2. The Balaban J connectivity index is 1.71. The lowest BCUT2D eigenvalue weighted by molar-refractivity contribution is 0.621. The van der Waals surface area contributed by atoms with Gasteiger partial charge in [0, 0.05) is 6.04 Å². The molecule has 0 fully saturated rings. The van der Waals surface area contributed by atoms with Gasteiger partial charge in [0.15, 0.2) is 0 Å². The maximum Gasteiger partial charge on any atom is 0.0758 e. The van der Waals surface area contributed by atoms with Gasteiger partial charge in [0.05, 0.1) is 17.6 Å². The van der Waals surface area contributed by atoms with Crippen LogP contribution < -0.4 is 5.32 Å². The number of fused-ring (bicyclic) bond motifs is 1. The van der Waals surface area contributed by atoms with E-state index in [-0.39, 0.29) is 0 Å². The molecule has 1 aromatic carbocycles. The number of aromatic amines is 1. The van der Waals surface area contributed by atoms with Crippen LogP contribution in [0, 0.1) is 0 Å². The third-order valence-electron chi connectivity index (χ3n) is 3.15. The average molecular weight is 213 g/mol. The van der Waals surface area contributed by atoms with Gasteiger partial charge in [0.1, 0.15) is 0 Å². The molecule has 1 aliphatic heterocycles. The highest BCUT2D eigenvalue weighted by molar-refractivity contribution is 5.49. The quantitative estimate of drug-likeness (QED) is 0.804. The summed E-state index contributed by atoms with van der Waals surface area (Å²) < 4.78 is 0. The molecule has 0 bridgehead atoms. The molecule has 3 nitrogen and oxygen atoms in total. The summed E-state index contributed by atoms with van der Waals surface area (Å²) in [6.07, 6.45) is 5.24. The topological polar surface area (TPSA) is 40.7 Å². The van der Waals surface area contributed by atoms with E-state index < -0.39 is 0 Å². The number of rotatable bonds is 2. The number of hydrogen-bond acceptors (Lipinski definition) is 2. The van der Waals surface area contributed by atoms with E-state index in [4.69, 9.17) is 0 Å². The molecule has 1 aliphatic rings. The highest BCUT2D eigenvalue weighted by atomic mass is 15.1. The first-order chi connectivity index (χ1) is 7.92. The van der Waals surface area contributed by atoms with Crippen molar-refractivity contribution in [1.29, 1.82) is 0 Å². The monoisotopic (exact) mass is 213 g/mol. The van der Waals surface area contributed by atoms with Crippen molar-refractivity contribution in [3.8, 4) is 0 Å². The summed E-state index contributed by atoms with van der Waals surface area (Å²) in [5.41, 5.74) is 3.81. The minimum absolute atomic E-state index is 0.535. The number of anilines is 1. The first-order valence-corrected chi connectivity index (χ1v) is 5.74. The third-order valence-corrected chi connectivity index (χ3v) is 3.15. The predicted octanol–water partition coefficient (Wildman–Crippen LogP) is 2.38. The summed E-state index contributed by atoms with van der Waals surface area (Å²) in [7, 11) is 0. The number of hydrogen-bond donors (Lipinski definition) is 2. The second kappa shape index (κ2) is 4.00. The zero-order valence-electron chi connectivity index (χ0n) is 9.11. The maximum absolute atomic E-state index is 4.06. The van der Waals surface area contributed by atoms with Crippen molar-refractivity contribution >= 4 is 5.69 Å². The number of aromatic nitrogens is 2. The van der Waals surface area contributed by atoms with Crippen molar-refractivity contribution in [3.05, 3.63) is 47.8 Å². The molecule has 0 aliphatic carbocycles. The largest absolute Gasteiger partial charge is 0.379 e. The lowest BCUT2D eigenvalue weighted by atomic mass is 9.97. The van der Waals surface area contributed by atoms with Crippen molar-refractivity contribution in [2.45, 2.75) is 25.3 Å². The van der Waals surface area contributed by atoms with Crippen molar-refractivity contribution in [1.82, 2.24) is 10.2 Å². The Bertz CT molecular complexity index is 461. The molecule has 2 aromatic rings. The van der Waals surface area contributed by atoms with E-state index in [0.717, 1.165) is 12.8 Å². The number of nitrogens with zero attached hydrogens (tertiary/aromatic N) is 1. The highest BCUT2D eigenvalue weighted by Crippen LogP contribution is 2.23. The van der Waals surface area contributed by atoms with Gasteiger partial charge < -0.3 is 5.32 Å². The zero-order chi connectivity index (χ0) is 10.8. The van der Waals surface area contributed by atoms with Crippen molar-refractivity contribution < 1.29 is 0 Å². The third kappa shape index (κ3) is 1.81. The van der Waals surface area contributed by atoms with E-state index in [0.29, 0.717) is 6.04 Å². The van der Waals surface area contributed by atoms with Crippen LogP contribution in [0.4, 0.5) is 5.69 Å². The second-order valence-electron chi connectivity index (χ2n) is 4.33. The molecular formula is C13H15N3. The molecule has 0 saturated carbocycles. The van der Waals surface area contributed by atoms with Crippen molar-refractivity contribution in [3.63, 3.8) is 0 Å². The average Bonchev–Trinajstić information content (AvgIpc) is 2.77. The van der Waals surface area contributed by atoms with E-state index in [1.54, 1.807) is 0 Å². The Hall–Kier alpha value is -1.77. The zero-order valence-corrected chi connectivity index (χ0v) is 9.11. The minimum atomic E-state index is 0.535. The van der Waals surface area contributed by atoms with Crippen molar-refractivity contribution in [2.24, 2.45) is 0 Å². The normalized spacial score (nSPS) is 18.9. The molecule has 3 rings (SSSR count). The van der Waals surface area contributed by atoms with Gasteiger partial charge in [-0.05, 0) is 24.8 Å². The summed E-state index contributed by atoms with van der Waals surface area (Å²) >= 11 is 0. The lowest BCUT2D eigenvalue weighted by Crippen LogP contribution is -2.27. The first-order valence-electron chi connectivity index (χ1n) is 5.74. The molecular weight excluding hydrogens is 198 g/mol. The van der Waals surface area contributed by atoms with E-state index in [1.807, 2.05) is 6.20 Å². The number of benzene rings is 1. The second-order valence-corrected chi connectivity index (χ2v) is 4.33. The summed E-state index contributed by atoms with van der Waals surface area (Å²) in [6, 6.07) is 11.2. The van der Waals surface area contributed by atoms with Crippen LogP contribution in [0.5, 0.6) is 0 Å². The van der Waals surface area contributed by atoms with Gasteiger partial charge in [0.2, 0.25) is 0 Å².